The molecular formula is C7H9BrN2. The van der Waals surface area contributed by atoms with Gasteiger partial charge in [-0.2, -0.15) is 0 Å². The van der Waals surface area contributed by atoms with Crippen molar-refractivity contribution < 1.29 is 0 Å². The van der Waals surface area contributed by atoms with Crippen molar-refractivity contribution in [3.05, 3.63) is 22.4 Å². The van der Waals surface area contributed by atoms with Crippen LogP contribution >= 0.6 is 15.9 Å². The SMILES string of the molecule is NC1(c2c[nH]c(Br)c2)CC1. The molecule has 1 fully saturated rings. The molecule has 2 nitrogen and oxygen atoms in total. The van der Waals surface area contributed by atoms with Crippen LogP contribution < -0.4 is 5.73 Å². The third kappa shape index (κ3) is 0.896. The third-order valence-corrected chi connectivity index (χ3v) is 2.47. The highest BCUT2D eigenvalue weighted by molar-refractivity contribution is 9.10. The summed E-state index contributed by atoms with van der Waals surface area (Å²) in [5, 5.41) is 0. The Morgan fingerprint density at radius 1 is 1.60 bits per heavy atom. The van der Waals surface area contributed by atoms with E-state index in [9.17, 15) is 0 Å². The van der Waals surface area contributed by atoms with Gasteiger partial charge in [-0.15, -0.1) is 0 Å². The largest absolute Gasteiger partial charge is 0.356 e. The summed E-state index contributed by atoms with van der Waals surface area (Å²) in [5.41, 5.74) is 7.16. The molecule has 1 aliphatic carbocycles. The van der Waals surface area contributed by atoms with E-state index in [1.54, 1.807) is 0 Å². The van der Waals surface area contributed by atoms with Gasteiger partial charge in [0.05, 0.1) is 4.60 Å². The van der Waals surface area contributed by atoms with E-state index in [1.807, 2.05) is 12.3 Å². The predicted octanol–water partition coefficient (Wildman–Crippen LogP) is 1.72. The summed E-state index contributed by atoms with van der Waals surface area (Å²) in [6.07, 6.45) is 4.21. The molecule has 1 aliphatic rings. The fourth-order valence-electron chi connectivity index (χ4n) is 1.08. The number of hydrogen-bond acceptors (Lipinski definition) is 1. The molecule has 1 saturated carbocycles. The Morgan fingerprint density at radius 3 is 2.70 bits per heavy atom. The smallest absolute Gasteiger partial charge is 0.0823 e. The predicted molar refractivity (Wildman–Crippen MR) is 43.6 cm³/mol. The summed E-state index contributed by atoms with van der Waals surface area (Å²) < 4.78 is 1.01. The summed E-state index contributed by atoms with van der Waals surface area (Å²) >= 11 is 3.34. The number of hydrogen-bond donors (Lipinski definition) is 2. The van der Waals surface area contributed by atoms with Gasteiger partial charge in [-0.05, 0) is 40.4 Å². The first-order valence-electron chi connectivity index (χ1n) is 3.34. The fraction of sp³-hybridized carbons (Fsp3) is 0.429. The minimum absolute atomic E-state index is 0.00250. The molecule has 0 bridgehead atoms. The summed E-state index contributed by atoms with van der Waals surface area (Å²) in [4.78, 5) is 3.05. The first-order chi connectivity index (χ1) is 4.71. The molecule has 54 valence electrons. The Labute approximate surface area is 67.9 Å². The van der Waals surface area contributed by atoms with Gasteiger partial charge in [-0.3, -0.25) is 0 Å². The van der Waals surface area contributed by atoms with Crippen LogP contribution in [0.4, 0.5) is 0 Å². The van der Waals surface area contributed by atoms with Gasteiger partial charge in [0.25, 0.3) is 0 Å². The molecule has 0 amide bonds. The number of halogens is 1. The molecule has 3 N–H and O–H groups in total. The van der Waals surface area contributed by atoms with Gasteiger partial charge in [-0.1, -0.05) is 0 Å². The van der Waals surface area contributed by atoms with E-state index < -0.39 is 0 Å². The van der Waals surface area contributed by atoms with Crippen molar-refractivity contribution in [1.29, 1.82) is 0 Å². The van der Waals surface area contributed by atoms with Crippen LogP contribution in [0.2, 0.25) is 0 Å². The minimum atomic E-state index is 0.00250. The Morgan fingerprint density at radius 2 is 2.30 bits per heavy atom. The number of nitrogens with one attached hydrogen (secondary N) is 1. The Balaban J connectivity index is 2.34. The lowest BCUT2D eigenvalue weighted by Gasteiger charge is -2.02. The van der Waals surface area contributed by atoms with Gasteiger partial charge in [0.1, 0.15) is 0 Å². The molecule has 1 aromatic heterocycles. The average molecular weight is 201 g/mol. The first-order valence-corrected chi connectivity index (χ1v) is 4.13. The number of rotatable bonds is 1. The minimum Gasteiger partial charge on any atom is -0.356 e. The standard InChI is InChI=1S/C7H9BrN2/c8-6-3-5(4-10-6)7(9)1-2-7/h3-4,10H,1-2,9H2. The number of H-pyrrole nitrogens is 1. The van der Waals surface area contributed by atoms with Crippen molar-refractivity contribution in [2.24, 2.45) is 5.73 Å². The molecule has 0 spiro atoms. The Bertz CT molecular complexity index is 250. The van der Waals surface area contributed by atoms with Gasteiger partial charge in [0.2, 0.25) is 0 Å². The normalized spacial score (nSPS) is 21.0. The maximum Gasteiger partial charge on any atom is 0.0823 e. The van der Waals surface area contributed by atoms with Crippen molar-refractivity contribution in [2.75, 3.05) is 0 Å². The second kappa shape index (κ2) is 1.86. The van der Waals surface area contributed by atoms with Crippen LogP contribution in [0.1, 0.15) is 18.4 Å². The molecule has 1 heterocycles. The van der Waals surface area contributed by atoms with Gasteiger partial charge in [0.15, 0.2) is 0 Å². The molecule has 1 aromatic rings. The molecule has 10 heavy (non-hydrogen) atoms. The average Bonchev–Trinajstić information content (AvgIpc) is 2.45. The quantitative estimate of drug-likeness (QED) is 0.713. The molecule has 0 aliphatic heterocycles. The topological polar surface area (TPSA) is 41.8 Å². The highest BCUT2D eigenvalue weighted by Crippen LogP contribution is 2.43. The van der Waals surface area contributed by atoms with Crippen molar-refractivity contribution in [2.45, 2.75) is 18.4 Å². The van der Waals surface area contributed by atoms with Crippen LogP contribution in [-0.4, -0.2) is 4.98 Å². The lowest BCUT2D eigenvalue weighted by Crippen LogP contribution is -2.17. The number of aromatic amines is 1. The molecule has 0 unspecified atom stereocenters. The van der Waals surface area contributed by atoms with E-state index in [-0.39, 0.29) is 5.54 Å². The first kappa shape index (κ1) is 6.43. The lowest BCUT2D eigenvalue weighted by atomic mass is 10.1. The third-order valence-electron chi connectivity index (χ3n) is 2.01. The van der Waals surface area contributed by atoms with E-state index in [4.69, 9.17) is 5.73 Å². The Hall–Kier alpha value is -0.280. The summed E-state index contributed by atoms with van der Waals surface area (Å²) in [5.74, 6) is 0. The van der Waals surface area contributed by atoms with E-state index in [2.05, 4.69) is 20.9 Å². The number of nitrogens with two attached hydrogens (primary N) is 1. The van der Waals surface area contributed by atoms with Crippen molar-refractivity contribution in [3.8, 4) is 0 Å². The van der Waals surface area contributed by atoms with Gasteiger partial charge in [0, 0.05) is 11.7 Å². The second-order valence-corrected chi connectivity index (χ2v) is 3.75. The van der Waals surface area contributed by atoms with Crippen LogP contribution in [0.25, 0.3) is 0 Å². The van der Waals surface area contributed by atoms with E-state index in [0.29, 0.717) is 0 Å². The highest BCUT2D eigenvalue weighted by Gasteiger charge is 2.40. The summed E-state index contributed by atoms with van der Waals surface area (Å²) in [6.45, 7) is 0. The summed E-state index contributed by atoms with van der Waals surface area (Å²) in [6, 6.07) is 2.05. The molecular weight excluding hydrogens is 192 g/mol. The molecule has 0 aromatic carbocycles. The zero-order chi connectivity index (χ0) is 7.19. The molecule has 3 heteroatoms. The van der Waals surface area contributed by atoms with Gasteiger partial charge in [-0.25, -0.2) is 0 Å². The molecule has 2 rings (SSSR count). The Kier molecular flexibility index (Phi) is 1.20. The van der Waals surface area contributed by atoms with Crippen LogP contribution in [-0.2, 0) is 5.54 Å². The van der Waals surface area contributed by atoms with E-state index >= 15 is 0 Å². The van der Waals surface area contributed by atoms with Crippen molar-refractivity contribution in [3.63, 3.8) is 0 Å². The summed E-state index contributed by atoms with van der Waals surface area (Å²) in [7, 11) is 0. The second-order valence-electron chi connectivity index (χ2n) is 2.89. The molecule has 0 saturated heterocycles. The van der Waals surface area contributed by atoms with Gasteiger partial charge < -0.3 is 10.7 Å². The van der Waals surface area contributed by atoms with Crippen LogP contribution in [0.15, 0.2) is 16.9 Å². The lowest BCUT2D eigenvalue weighted by molar-refractivity contribution is 0.741. The van der Waals surface area contributed by atoms with Crippen molar-refractivity contribution >= 4 is 15.9 Å². The maximum atomic E-state index is 5.94. The molecule has 0 atom stereocenters. The highest BCUT2D eigenvalue weighted by atomic mass is 79.9. The zero-order valence-electron chi connectivity index (χ0n) is 5.52. The zero-order valence-corrected chi connectivity index (χ0v) is 7.11. The van der Waals surface area contributed by atoms with Crippen LogP contribution in [0.5, 0.6) is 0 Å². The molecule has 0 radical (unpaired) electrons. The van der Waals surface area contributed by atoms with E-state index in [0.717, 1.165) is 17.4 Å². The van der Waals surface area contributed by atoms with Crippen LogP contribution in [0, 0.1) is 0 Å². The maximum absolute atomic E-state index is 5.94. The fourth-order valence-corrected chi connectivity index (χ4v) is 1.44. The van der Waals surface area contributed by atoms with E-state index in [1.165, 1.54) is 5.56 Å². The van der Waals surface area contributed by atoms with Crippen LogP contribution in [0.3, 0.4) is 0 Å². The van der Waals surface area contributed by atoms with Crippen molar-refractivity contribution in [1.82, 2.24) is 4.98 Å². The van der Waals surface area contributed by atoms with Gasteiger partial charge >= 0.3 is 0 Å². The monoisotopic (exact) mass is 200 g/mol. The number of aromatic nitrogens is 1.